The molecule has 1 aliphatic rings. The molecule has 0 N–H and O–H groups in total. The third-order valence-electron chi connectivity index (χ3n) is 3.09. The number of ether oxygens (including phenoxy) is 1. The number of anilines is 1. The van der Waals surface area contributed by atoms with Crippen LogP contribution in [-0.4, -0.2) is 30.0 Å². The number of nitro benzene ring substituents is 1. The largest absolute Gasteiger partial charge is 0.433 e. The van der Waals surface area contributed by atoms with Gasteiger partial charge in [0.2, 0.25) is 6.23 Å². The molecule has 110 valence electrons. The van der Waals surface area contributed by atoms with Crippen molar-refractivity contribution in [1.29, 1.82) is 0 Å². The Hall–Kier alpha value is -1.83. The molecular weight excluding hydrogens is 277 g/mol. The highest BCUT2D eigenvalue weighted by Gasteiger charge is 2.49. The van der Waals surface area contributed by atoms with E-state index in [0.717, 1.165) is 4.90 Å². The molecule has 1 aromatic rings. The van der Waals surface area contributed by atoms with E-state index in [9.17, 15) is 23.3 Å². The van der Waals surface area contributed by atoms with Gasteiger partial charge in [-0.15, -0.1) is 0 Å². The number of nitro groups is 1. The SMILES string of the molecule is Cc1cc(N2C[C@H](C)O[C@@H]2C(F)(F)F)ccc1[N+](=O)[O-]. The molecule has 0 aromatic heterocycles. The standard InChI is InChI=1S/C12H13F3N2O3/c1-7-5-9(3-4-10(7)17(18)19)16-6-8(2)20-11(16)12(13,14)15/h3-5,8,11H,6H2,1-2H3/t8-,11+/m0/s1. The fourth-order valence-electron chi connectivity index (χ4n) is 2.23. The Morgan fingerprint density at radius 1 is 1.45 bits per heavy atom. The molecule has 2 rings (SSSR count). The summed E-state index contributed by atoms with van der Waals surface area (Å²) >= 11 is 0. The highest BCUT2D eigenvalue weighted by atomic mass is 19.4. The third-order valence-corrected chi connectivity index (χ3v) is 3.09. The third kappa shape index (κ3) is 2.69. The fourth-order valence-corrected chi connectivity index (χ4v) is 2.23. The van der Waals surface area contributed by atoms with Crippen LogP contribution in [0.25, 0.3) is 0 Å². The van der Waals surface area contributed by atoms with Crippen molar-refractivity contribution in [3.05, 3.63) is 33.9 Å². The molecule has 0 radical (unpaired) electrons. The zero-order valence-corrected chi connectivity index (χ0v) is 10.8. The first-order valence-electron chi connectivity index (χ1n) is 5.94. The highest BCUT2D eigenvalue weighted by molar-refractivity contribution is 5.56. The van der Waals surface area contributed by atoms with Crippen molar-refractivity contribution in [2.45, 2.75) is 32.4 Å². The first-order chi connectivity index (χ1) is 9.20. The number of alkyl halides is 3. The molecule has 0 aliphatic carbocycles. The molecule has 0 spiro atoms. The summed E-state index contributed by atoms with van der Waals surface area (Å²) in [4.78, 5) is 11.2. The van der Waals surface area contributed by atoms with Crippen molar-refractivity contribution < 1.29 is 22.8 Å². The summed E-state index contributed by atoms with van der Waals surface area (Å²) in [5.74, 6) is 0. The van der Waals surface area contributed by atoms with E-state index in [1.165, 1.54) is 25.1 Å². The zero-order valence-electron chi connectivity index (χ0n) is 10.8. The fraction of sp³-hybridized carbons (Fsp3) is 0.500. The summed E-state index contributed by atoms with van der Waals surface area (Å²) < 4.78 is 43.6. The second kappa shape index (κ2) is 4.93. The van der Waals surface area contributed by atoms with E-state index in [-0.39, 0.29) is 17.9 Å². The average molecular weight is 290 g/mol. The molecule has 1 aromatic carbocycles. The zero-order chi connectivity index (χ0) is 15.1. The maximum Gasteiger partial charge on any atom is 0.433 e. The minimum Gasteiger partial charge on any atom is -0.345 e. The number of halogens is 3. The maximum absolute atomic E-state index is 12.9. The molecule has 1 heterocycles. The van der Waals surface area contributed by atoms with Gasteiger partial charge in [-0.1, -0.05) is 0 Å². The Morgan fingerprint density at radius 3 is 2.60 bits per heavy atom. The van der Waals surface area contributed by atoms with Gasteiger partial charge in [-0.3, -0.25) is 10.1 Å². The van der Waals surface area contributed by atoms with E-state index in [1.54, 1.807) is 6.92 Å². The summed E-state index contributed by atoms with van der Waals surface area (Å²) in [5, 5.41) is 10.7. The number of rotatable bonds is 2. The van der Waals surface area contributed by atoms with Crippen LogP contribution in [0, 0.1) is 17.0 Å². The molecule has 0 amide bonds. The lowest BCUT2D eigenvalue weighted by molar-refractivity contribution is -0.385. The van der Waals surface area contributed by atoms with Gasteiger partial charge in [0.1, 0.15) is 0 Å². The van der Waals surface area contributed by atoms with Crippen LogP contribution in [0.4, 0.5) is 24.5 Å². The maximum atomic E-state index is 12.9. The lowest BCUT2D eigenvalue weighted by Crippen LogP contribution is -2.42. The first-order valence-corrected chi connectivity index (χ1v) is 5.94. The van der Waals surface area contributed by atoms with Gasteiger partial charge < -0.3 is 9.64 Å². The Morgan fingerprint density at radius 2 is 2.10 bits per heavy atom. The Bertz CT molecular complexity index is 533. The highest BCUT2D eigenvalue weighted by Crippen LogP contribution is 2.36. The second-order valence-corrected chi connectivity index (χ2v) is 4.72. The lowest BCUT2D eigenvalue weighted by Gasteiger charge is -2.26. The molecule has 8 heteroatoms. The van der Waals surface area contributed by atoms with Gasteiger partial charge in [0, 0.05) is 23.9 Å². The van der Waals surface area contributed by atoms with E-state index < -0.39 is 23.4 Å². The van der Waals surface area contributed by atoms with Crippen LogP contribution in [0.2, 0.25) is 0 Å². The number of hydrogen-bond acceptors (Lipinski definition) is 4. The van der Waals surface area contributed by atoms with E-state index in [2.05, 4.69) is 0 Å². The van der Waals surface area contributed by atoms with Gasteiger partial charge in [0.15, 0.2) is 0 Å². The minimum atomic E-state index is -4.51. The average Bonchev–Trinajstić information content (AvgIpc) is 2.70. The van der Waals surface area contributed by atoms with Crippen molar-refractivity contribution in [3.63, 3.8) is 0 Å². The van der Waals surface area contributed by atoms with Crippen LogP contribution in [0.3, 0.4) is 0 Å². The van der Waals surface area contributed by atoms with Crippen LogP contribution in [0.5, 0.6) is 0 Å². The van der Waals surface area contributed by atoms with E-state index in [1.807, 2.05) is 0 Å². The number of nitrogens with zero attached hydrogens (tertiary/aromatic N) is 2. The predicted molar refractivity (Wildman–Crippen MR) is 65.6 cm³/mol. The predicted octanol–water partition coefficient (Wildman–Crippen LogP) is 3.02. The van der Waals surface area contributed by atoms with E-state index in [0.29, 0.717) is 5.56 Å². The van der Waals surface area contributed by atoms with Gasteiger partial charge in [-0.25, -0.2) is 0 Å². The van der Waals surface area contributed by atoms with Crippen LogP contribution in [0.15, 0.2) is 18.2 Å². The van der Waals surface area contributed by atoms with Crippen molar-refractivity contribution in [2.75, 3.05) is 11.4 Å². The number of hydrogen-bond donors (Lipinski definition) is 0. The van der Waals surface area contributed by atoms with Gasteiger partial charge >= 0.3 is 6.18 Å². The monoisotopic (exact) mass is 290 g/mol. The smallest absolute Gasteiger partial charge is 0.345 e. The summed E-state index contributed by atoms with van der Waals surface area (Å²) in [6, 6.07) is 3.89. The van der Waals surface area contributed by atoms with Crippen LogP contribution >= 0.6 is 0 Å². The molecule has 1 fully saturated rings. The molecule has 1 saturated heterocycles. The summed E-state index contributed by atoms with van der Waals surface area (Å²) in [6.07, 6.45) is -7.09. The number of aryl methyl sites for hydroxylation is 1. The van der Waals surface area contributed by atoms with Crippen LogP contribution in [0.1, 0.15) is 12.5 Å². The van der Waals surface area contributed by atoms with E-state index in [4.69, 9.17) is 4.74 Å². The lowest BCUT2D eigenvalue weighted by atomic mass is 10.1. The molecular formula is C12H13F3N2O3. The van der Waals surface area contributed by atoms with Crippen LogP contribution < -0.4 is 4.90 Å². The molecule has 0 saturated carbocycles. The molecule has 5 nitrogen and oxygen atoms in total. The molecule has 0 bridgehead atoms. The molecule has 2 atom stereocenters. The van der Waals surface area contributed by atoms with Gasteiger partial charge in [-0.2, -0.15) is 13.2 Å². The van der Waals surface area contributed by atoms with Crippen molar-refractivity contribution in [2.24, 2.45) is 0 Å². The topological polar surface area (TPSA) is 55.6 Å². The van der Waals surface area contributed by atoms with Crippen molar-refractivity contribution in [3.8, 4) is 0 Å². The Labute approximate surface area is 113 Å². The van der Waals surface area contributed by atoms with Gasteiger partial charge in [0.05, 0.1) is 11.0 Å². The quantitative estimate of drug-likeness (QED) is 0.620. The van der Waals surface area contributed by atoms with E-state index >= 15 is 0 Å². The van der Waals surface area contributed by atoms with Gasteiger partial charge in [-0.05, 0) is 26.0 Å². The Kier molecular flexibility index (Phi) is 3.59. The molecule has 20 heavy (non-hydrogen) atoms. The molecule has 1 aliphatic heterocycles. The van der Waals surface area contributed by atoms with Gasteiger partial charge in [0.25, 0.3) is 5.69 Å². The molecule has 0 unspecified atom stereocenters. The number of benzene rings is 1. The van der Waals surface area contributed by atoms with Crippen molar-refractivity contribution in [1.82, 2.24) is 0 Å². The normalized spacial score (nSPS) is 23.1. The summed E-state index contributed by atoms with van der Waals surface area (Å²) in [5.41, 5.74) is 0.457. The first kappa shape index (κ1) is 14.6. The summed E-state index contributed by atoms with van der Waals surface area (Å²) in [6.45, 7) is 3.13. The minimum absolute atomic E-state index is 0.0847. The second-order valence-electron chi connectivity index (χ2n) is 4.72. The Balaban J connectivity index is 2.35. The van der Waals surface area contributed by atoms with Crippen LogP contribution in [-0.2, 0) is 4.74 Å². The summed E-state index contributed by atoms with van der Waals surface area (Å²) in [7, 11) is 0. The van der Waals surface area contributed by atoms with Crippen molar-refractivity contribution >= 4 is 11.4 Å².